The maximum absolute atomic E-state index is 11.9. The molecule has 1 heterocycles. The van der Waals surface area contributed by atoms with Crippen LogP contribution >= 0.6 is 0 Å². The van der Waals surface area contributed by atoms with Gasteiger partial charge in [0.05, 0.1) is 13.7 Å². The number of carbonyl (C=O) groups excluding carboxylic acids is 1. The van der Waals surface area contributed by atoms with Gasteiger partial charge in [0.15, 0.2) is 17.5 Å². The Bertz CT molecular complexity index is 980. The molecule has 1 fully saturated rings. The van der Waals surface area contributed by atoms with E-state index in [0.29, 0.717) is 37.0 Å². The van der Waals surface area contributed by atoms with Crippen molar-refractivity contribution in [2.45, 2.75) is 32.9 Å². The van der Waals surface area contributed by atoms with Gasteiger partial charge in [-0.2, -0.15) is 0 Å². The van der Waals surface area contributed by atoms with Gasteiger partial charge < -0.3 is 25.0 Å². The number of aliphatic imine (C=N–C) groups is 1. The average Bonchev–Trinajstić information content (AvgIpc) is 3.25. The fourth-order valence-electron chi connectivity index (χ4n) is 3.46. The number of terminal acetylenes is 1. The van der Waals surface area contributed by atoms with Gasteiger partial charge >= 0.3 is 0 Å². The quantitative estimate of drug-likeness (QED) is 0.360. The Morgan fingerprint density at radius 1 is 1.16 bits per heavy atom. The second-order valence-electron chi connectivity index (χ2n) is 7.34. The van der Waals surface area contributed by atoms with E-state index < -0.39 is 0 Å². The van der Waals surface area contributed by atoms with E-state index in [0.717, 1.165) is 36.3 Å². The number of amides is 1. The molecular weight excluding hydrogens is 404 g/mol. The molecule has 0 saturated carbocycles. The predicted octanol–water partition coefficient (Wildman–Crippen LogP) is 3.09. The van der Waals surface area contributed by atoms with Gasteiger partial charge in [0, 0.05) is 31.7 Å². The number of rotatable bonds is 9. The Morgan fingerprint density at radius 3 is 2.59 bits per heavy atom. The number of methoxy groups -OCH3 is 1. The van der Waals surface area contributed by atoms with Crippen LogP contribution in [-0.4, -0.2) is 38.7 Å². The number of anilines is 1. The molecular formula is C25H30N4O3. The molecule has 1 saturated heterocycles. The van der Waals surface area contributed by atoms with Crippen LogP contribution in [0.2, 0.25) is 0 Å². The number of nitrogens with zero attached hydrogens (tertiary/aromatic N) is 2. The number of benzene rings is 2. The fourth-order valence-corrected chi connectivity index (χ4v) is 3.46. The molecule has 2 aromatic carbocycles. The molecule has 0 aliphatic carbocycles. The first kappa shape index (κ1) is 23.0. The topological polar surface area (TPSA) is 75.2 Å². The molecule has 0 aromatic heterocycles. The fraction of sp³-hybridized carbons (Fsp3) is 0.360. The van der Waals surface area contributed by atoms with Crippen LogP contribution in [0.1, 0.15) is 30.9 Å². The van der Waals surface area contributed by atoms with Crippen molar-refractivity contribution in [2.24, 2.45) is 4.99 Å². The second kappa shape index (κ2) is 11.7. The Balaban J connectivity index is 1.61. The lowest BCUT2D eigenvalue weighted by molar-refractivity contribution is -0.117. The van der Waals surface area contributed by atoms with Crippen molar-refractivity contribution in [1.29, 1.82) is 0 Å². The zero-order valence-corrected chi connectivity index (χ0v) is 18.7. The highest BCUT2D eigenvalue weighted by Crippen LogP contribution is 2.28. The van der Waals surface area contributed by atoms with E-state index in [1.165, 1.54) is 0 Å². The summed E-state index contributed by atoms with van der Waals surface area (Å²) in [4.78, 5) is 18.4. The summed E-state index contributed by atoms with van der Waals surface area (Å²) in [6.45, 7) is 4.85. The third-order valence-corrected chi connectivity index (χ3v) is 5.08. The van der Waals surface area contributed by atoms with Crippen molar-refractivity contribution < 1.29 is 14.3 Å². The summed E-state index contributed by atoms with van der Waals surface area (Å²) in [6.07, 6.45) is 6.86. The van der Waals surface area contributed by atoms with Crippen molar-refractivity contribution in [1.82, 2.24) is 10.6 Å². The van der Waals surface area contributed by atoms with Crippen LogP contribution in [0.4, 0.5) is 5.69 Å². The van der Waals surface area contributed by atoms with Gasteiger partial charge in [-0.3, -0.25) is 4.79 Å². The normalized spacial score (nSPS) is 13.6. The molecule has 2 aromatic rings. The minimum absolute atomic E-state index is 0.179. The van der Waals surface area contributed by atoms with Crippen molar-refractivity contribution in [3.05, 3.63) is 53.6 Å². The highest BCUT2D eigenvalue weighted by molar-refractivity contribution is 5.95. The monoisotopic (exact) mass is 434 g/mol. The first-order valence-corrected chi connectivity index (χ1v) is 10.8. The van der Waals surface area contributed by atoms with E-state index in [2.05, 4.69) is 21.5 Å². The van der Waals surface area contributed by atoms with Crippen LogP contribution in [0.5, 0.6) is 11.5 Å². The Hall–Kier alpha value is -3.66. The van der Waals surface area contributed by atoms with Gasteiger partial charge in [-0.05, 0) is 48.7 Å². The molecule has 0 radical (unpaired) electrons. The van der Waals surface area contributed by atoms with Gasteiger partial charge in [0.1, 0.15) is 6.61 Å². The molecule has 0 atom stereocenters. The lowest BCUT2D eigenvalue weighted by atomic mass is 10.2. The van der Waals surface area contributed by atoms with Gasteiger partial charge in [-0.15, -0.1) is 6.42 Å². The average molecular weight is 435 g/mol. The van der Waals surface area contributed by atoms with E-state index in [9.17, 15) is 4.79 Å². The Labute approximate surface area is 189 Å². The van der Waals surface area contributed by atoms with Crippen LogP contribution in [-0.2, 0) is 17.9 Å². The number of hydrogen-bond donors (Lipinski definition) is 2. The van der Waals surface area contributed by atoms with Crippen LogP contribution in [0.3, 0.4) is 0 Å². The lowest BCUT2D eigenvalue weighted by Crippen LogP contribution is -2.36. The summed E-state index contributed by atoms with van der Waals surface area (Å²) in [5.74, 6) is 4.62. The van der Waals surface area contributed by atoms with Gasteiger partial charge in [0.25, 0.3) is 0 Å². The lowest BCUT2D eigenvalue weighted by Gasteiger charge is -2.16. The molecule has 0 spiro atoms. The molecule has 1 aliphatic heterocycles. The van der Waals surface area contributed by atoms with Crippen molar-refractivity contribution in [2.75, 3.05) is 31.7 Å². The molecule has 168 valence electrons. The Morgan fingerprint density at radius 2 is 1.94 bits per heavy atom. The number of ether oxygens (including phenoxy) is 2. The van der Waals surface area contributed by atoms with Crippen molar-refractivity contribution >= 4 is 17.6 Å². The summed E-state index contributed by atoms with van der Waals surface area (Å²) >= 11 is 0. The predicted molar refractivity (Wildman–Crippen MR) is 127 cm³/mol. The largest absolute Gasteiger partial charge is 0.493 e. The molecule has 7 nitrogen and oxygen atoms in total. The molecule has 0 bridgehead atoms. The molecule has 2 N–H and O–H groups in total. The summed E-state index contributed by atoms with van der Waals surface area (Å²) in [6, 6.07) is 13.8. The third-order valence-electron chi connectivity index (χ3n) is 5.08. The Kier molecular flexibility index (Phi) is 8.38. The van der Waals surface area contributed by atoms with Crippen LogP contribution in [0.15, 0.2) is 47.5 Å². The minimum Gasteiger partial charge on any atom is -0.493 e. The molecule has 1 aliphatic rings. The standard InChI is InChI=1S/C25H30N4O3/c1-4-15-32-23-16-20(10-13-22(23)31-3)18-28-25(26-5-2)27-17-19-8-11-21(12-9-19)29-14-6-7-24(29)30/h1,8-13,16H,5-7,14-15,17-18H2,2-3H3,(H2,26,27,28). The van der Waals surface area contributed by atoms with Crippen LogP contribution < -0.4 is 25.0 Å². The van der Waals surface area contributed by atoms with E-state index in [1.807, 2.05) is 54.3 Å². The van der Waals surface area contributed by atoms with Crippen LogP contribution in [0, 0.1) is 12.3 Å². The van der Waals surface area contributed by atoms with Crippen molar-refractivity contribution in [3.8, 4) is 23.8 Å². The number of guanidine groups is 1. The summed E-state index contributed by atoms with van der Waals surface area (Å²) < 4.78 is 10.9. The highest BCUT2D eigenvalue weighted by Gasteiger charge is 2.21. The minimum atomic E-state index is 0.179. The number of carbonyl (C=O) groups is 1. The zero-order chi connectivity index (χ0) is 22.8. The first-order valence-electron chi connectivity index (χ1n) is 10.8. The van der Waals surface area contributed by atoms with E-state index in [-0.39, 0.29) is 12.5 Å². The molecule has 1 amide bonds. The van der Waals surface area contributed by atoms with E-state index >= 15 is 0 Å². The first-order chi connectivity index (χ1) is 15.6. The summed E-state index contributed by atoms with van der Waals surface area (Å²) in [5, 5.41) is 6.61. The van der Waals surface area contributed by atoms with Crippen molar-refractivity contribution in [3.63, 3.8) is 0 Å². The molecule has 32 heavy (non-hydrogen) atoms. The summed E-state index contributed by atoms with van der Waals surface area (Å²) in [5.41, 5.74) is 3.05. The van der Waals surface area contributed by atoms with Crippen LogP contribution in [0.25, 0.3) is 0 Å². The maximum atomic E-state index is 11.9. The number of nitrogens with one attached hydrogen (secondary N) is 2. The van der Waals surface area contributed by atoms with Gasteiger partial charge in [-0.25, -0.2) is 4.99 Å². The van der Waals surface area contributed by atoms with Gasteiger partial charge in [-0.1, -0.05) is 24.1 Å². The highest BCUT2D eigenvalue weighted by atomic mass is 16.5. The summed E-state index contributed by atoms with van der Waals surface area (Å²) in [7, 11) is 1.60. The third kappa shape index (κ3) is 6.17. The van der Waals surface area contributed by atoms with E-state index in [4.69, 9.17) is 15.9 Å². The van der Waals surface area contributed by atoms with Gasteiger partial charge in [0.2, 0.25) is 5.91 Å². The smallest absolute Gasteiger partial charge is 0.227 e. The number of hydrogen-bond acceptors (Lipinski definition) is 4. The zero-order valence-electron chi connectivity index (χ0n) is 18.7. The SMILES string of the molecule is C#CCOc1cc(CN=C(NCC)NCc2ccc(N3CCCC3=O)cc2)ccc1OC. The second-order valence-corrected chi connectivity index (χ2v) is 7.34. The van der Waals surface area contributed by atoms with E-state index in [1.54, 1.807) is 7.11 Å². The molecule has 7 heteroatoms. The maximum Gasteiger partial charge on any atom is 0.227 e. The molecule has 0 unspecified atom stereocenters. The molecule has 3 rings (SSSR count).